The number of aromatic nitrogens is 1. The van der Waals surface area contributed by atoms with Gasteiger partial charge < -0.3 is 25.2 Å². The zero-order chi connectivity index (χ0) is 18.9. The minimum Gasteiger partial charge on any atom is -0.394 e. The number of nitrogens with zero attached hydrogens (tertiary/aromatic N) is 2. The van der Waals surface area contributed by atoms with Gasteiger partial charge in [0.1, 0.15) is 18.3 Å². The molecule has 2 rings (SSSR count). The van der Waals surface area contributed by atoms with Gasteiger partial charge in [0.2, 0.25) is 0 Å². The van der Waals surface area contributed by atoms with E-state index in [0.717, 1.165) is 43.6 Å². The highest BCUT2D eigenvalue weighted by atomic mass is 16.5. The summed E-state index contributed by atoms with van der Waals surface area (Å²) in [6.45, 7) is 3.44. The van der Waals surface area contributed by atoms with Crippen molar-refractivity contribution in [1.82, 2.24) is 9.88 Å². The maximum atomic E-state index is 10.5. The summed E-state index contributed by atoms with van der Waals surface area (Å²) < 4.78 is 5.57. The lowest BCUT2D eigenvalue weighted by molar-refractivity contribution is -0.147. The van der Waals surface area contributed by atoms with Crippen LogP contribution in [0, 0.1) is 6.92 Å². The van der Waals surface area contributed by atoms with Gasteiger partial charge in [0, 0.05) is 25.4 Å². The van der Waals surface area contributed by atoms with Gasteiger partial charge in [-0.25, -0.2) is 0 Å². The normalized spacial score (nSPS) is 28.1. The van der Waals surface area contributed by atoms with Crippen LogP contribution in [-0.4, -0.2) is 81.0 Å². The predicted octanol–water partition coefficient (Wildman–Crippen LogP) is 0.226. The molecule has 2 heterocycles. The Balaban J connectivity index is 2.08. The van der Waals surface area contributed by atoms with E-state index in [1.165, 1.54) is 0 Å². The van der Waals surface area contributed by atoms with Gasteiger partial charge in [-0.3, -0.25) is 9.88 Å². The van der Waals surface area contributed by atoms with Crippen LogP contribution in [0.1, 0.15) is 37.1 Å². The molecule has 1 aromatic heterocycles. The van der Waals surface area contributed by atoms with E-state index in [-0.39, 0.29) is 6.54 Å². The van der Waals surface area contributed by atoms with Gasteiger partial charge in [0.25, 0.3) is 0 Å². The first-order chi connectivity index (χ1) is 12.5. The lowest BCUT2D eigenvalue weighted by Gasteiger charge is -2.33. The number of rotatable bonds is 4. The number of aliphatic hydroxyl groups is 4. The van der Waals surface area contributed by atoms with Crippen LogP contribution in [0.2, 0.25) is 0 Å². The lowest BCUT2D eigenvalue weighted by Crippen LogP contribution is -2.51. The van der Waals surface area contributed by atoms with E-state index in [2.05, 4.69) is 9.88 Å². The Morgan fingerprint density at radius 1 is 1.23 bits per heavy atom. The summed E-state index contributed by atoms with van der Waals surface area (Å²) in [5.74, 6) is 0. The van der Waals surface area contributed by atoms with Gasteiger partial charge >= 0.3 is 0 Å². The zero-order valence-electron chi connectivity index (χ0n) is 15.5. The monoisotopic (exact) mass is 368 g/mol. The molecule has 0 spiro atoms. The molecule has 1 aromatic rings. The Morgan fingerprint density at radius 3 is 2.73 bits per heavy atom. The Labute approximate surface area is 155 Å². The molecule has 1 fully saturated rings. The number of hydrogen-bond donors (Lipinski definition) is 4. The van der Waals surface area contributed by atoms with E-state index in [4.69, 9.17) is 4.74 Å². The molecule has 0 amide bonds. The fourth-order valence-corrected chi connectivity index (χ4v) is 3.29. The summed E-state index contributed by atoms with van der Waals surface area (Å²) in [7, 11) is 0. The largest absolute Gasteiger partial charge is 0.394 e. The van der Waals surface area contributed by atoms with Crippen molar-refractivity contribution in [1.29, 1.82) is 0 Å². The molecule has 148 valence electrons. The molecule has 0 bridgehead atoms. The second kappa shape index (κ2) is 10.9. The molecule has 0 aliphatic carbocycles. The number of β-amino-alcohol motifs (C(OH)–C–C–N with tert-alkyl or cyclic N) is 1. The summed E-state index contributed by atoms with van der Waals surface area (Å²) >= 11 is 0. The third kappa shape index (κ3) is 6.57. The van der Waals surface area contributed by atoms with E-state index in [9.17, 15) is 20.4 Å². The molecular formula is C19H32N2O5. The highest BCUT2D eigenvalue weighted by molar-refractivity contribution is 5.09. The van der Waals surface area contributed by atoms with E-state index in [1.807, 2.05) is 25.1 Å². The summed E-state index contributed by atoms with van der Waals surface area (Å²) in [6.07, 6.45) is -0.740. The Hall–Kier alpha value is -1.09. The number of ether oxygens (including phenoxy) is 1. The number of pyridine rings is 1. The third-order valence-electron chi connectivity index (χ3n) is 4.75. The smallest absolute Gasteiger partial charge is 0.114 e. The maximum absolute atomic E-state index is 10.5. The number of aliphatic hydroxyl groups excluding tert-OH is 4. The van der Waals surface area contributed by atoms with Crippen molar-refractivity contribution < 1.29 is 25.2 Å². The van der Waals surface area contributed by atoms with Crippen molar-refractivity contribution >= 4 is 0 Å². The number of hydrogen-bond acceptors (Lipinski definition) is 7. The first-order valence-electron chi connectivity index (χ1n) is 9.43. The molecule has 4 atom stereocenters. The van der Waals surface area contributed by atoms with Crippen LogP contribution in [-0.2, 0) is 11.3 Å². The minimum absolute atomic E-state index is 0.245. The van der Waals surface area contributed by atoms with Crippen LogP contribution >= 0.6 is 0 Å². The fraction of sp³-hybridized carbons (Fsp3) is 0.737. The van der Waals surface area contributed by atoms with Crippen molar-refractivity contribution in [3.8, 4) is 0 Å². The van der Waals surface area contributed by atoms with Crippen molar-refractivity contribution in [3.63, 3.8) is 0 Å². The van der Waals surface area contributed by atoms with Gasteiger partial charge in [-0.15, -0.1) is 0 Å². The van der Waals surface area contributed by atoms with Crippen molar-refractivity contribution in [2.24, 2.45) is 0 Å². The van der Waals surface area contributed by atoms with Crippen LogP contribution in [0.4, 0.5) is 0 Å². The molecule has 1 aliphatic heterocycles. The summed E-state index contributed by atoms with van der Waals surface area (Å²) in [5, 5.41) is 40.1. The van der Waals surface area contributed by atoms with Crippen molar-refractivity contribution in [3.05, 3.63) is 29.6 Å². The van der Waals surface area contributed by atoms with Crippen LogP contribution in [0.5, 0.6) is 0 Å². The average Bonchev–Trinajstić information content (AvgIpc) is 2.61. The van der Waals surface area contributed by atoms with Gasteiger partial charge in [-0.2, -0.15) is 0 Å². The van der Waals surface area contributed by atoms with Gasteiger partial charge in [-0.05, 0) is 38.4 Å². The maximum Gasteiger partial charge on any atom is 0.114 e. The average molecular weight is 368 g/mol. The highest BCUT2D eigenvalue weighted by Crippen LogP contribution is 2.15. The van der Waals surface area contributed by atoms with Crippen molar-refractivity contribution in [2.45, 2.75) is 63.6 Å². The Morgan fingerprint density at radius 2 is 2.00 bits per heavy atom. The molecule has 0 aromatic carbocycles. The van der Waals surface area contributed by atoms with Crippen LogP contribution in [0.15, 0.2) is 18.2 Å². The molecule has 26 heavy (non-hydrogen) atoms. The number of aryl methyl sites for hydroxylation is 1. The molecule has 1 aliphatic rings. The molecular weight excluding hydrogens is 336 g/mol. The molecule has 7 heteroatoms. The molecule has 7 nitrogen and oxygen atoms in total. The lowest BCUT2D eigenvalue weighted by atomic mass is 10.0. The quantitative estimate of drug-likeness (QED) is 0.603. The highest BCUT2D eigenvalue weighted by Gasteiger charge is 2.33. The fourth-order valence-electron chi connectivity index (χ4n) is 3.29. The first-order valence-corrected chi connectivity index (χ1v) is 9.43. The van der Waals surface area contributed by atoms with E-state index in [1.54, 1.807) is 0 Å². The van der Waals surface area contributed by atoms with Gasteiger partial charge in [0.05, 0.1) is 18.4 Å². The summed E-state index contributed by atoms with van der Waals surface area (Å²) in [6, 6.07) is 5.85. The molecule has 1 saturated heterocycles. The zero-order valence-corrected chi connectivity index (χ0v) is 15.5. The van der Waals surface area contributed by atoms with E-state index >= 15 is 0 Å². The summed E-state index contributed by atoms with van der Waals surface area (Å²) in [4.78, 5) is 6.58. The molecule has 0 saturated carbocycles. The minimum atomic E-state index is -1.27. The third-order valence-corrected chi connectivity index (χ3v) is 4.75. The standard InChI is InChI=1S/C19H32N2O5/c1-14-7-6-8-15(20-14)11-21-9-4-2-3-5-10-26-19(17(24)13-22)18(25)16(23)12-21/h6-8,16-19,22-25H,2-5,9-13H2,1H3/t16-,17+,18+,19+/m0/s1. The Kier molecular flexibility index (Phi) is 8.90. The van der Waals surface area contributed by atoms with E-state index in [0.29, 0.717) is 13.2 Å². The molecule has 0 unspecified atom stereocenters. The van der Waals surface area contributed by atoms with E-state index < -0.39 is 31.0 Å². The van der Waals surface area contributed by atoms with Crippen molar-refractivity contribution in [2.75, 3.05) is 26.3 Å². The first kappa shape index (κ1) is 21.2. The molecule has 0 radical (unpaired) electrons. The SMILES string of the molecule is Cc1cccc(CN2CCCCCCO[C@H]([C@H](O)CO)[C@H](O)[C@@H](O)C2)n1. The van der Waals surface area contributed by atoms with Gasteiger partial charge in [-0.1, -0.05) is 18.9 Å². The second-order valence-electron chi connectivity index (χ2n) is 7.06. The predicted molar refractivity (Wildman–Crippen MR) is 97.6 cm³/mol. The van der Waals surface area contributed by atoms with Crippen LogP contribution in [0.25, 0.3) is 0 Å². The Bertz CT molecular complexity index is 530. The van der Waals surface area contributed by atoms with Crippen LogP contribution in [0.3, 0.4) is 0 Å². The summed E-state index contributed by atoms with van der Waals surface area (Å²) in [5.41, 5.74) is 1.86. The van der Waals surface area contributed by atoms with Crippen LogP contribution < -0.4 is 0 Å². The molecule has 4 N–H and O–H groups in total. The topological polar surface area (TPSA) is 106 Å². The van der Waals surface area contributed by atoms with Gasteiger partial charge in [0.15, 0.2) is 0 Å². The second-order valence-corrected chi connectivity index (χ2v) is 7.06.